The zero-order valence-electron chi connectivity index (χ0n) is 9.84. The van der Waals surface area contributed by atoms with Gasteiger partial charge in [0.15, 0.2) is 11.6 Å². The number of H-pyrrole nitrogens is 2. The van der Waals surface area contributed by atoms with E-state index in [9.17, 15) is 5.11 Å². The normalized spacial score (nSPS) is 11.7. The predicted octanol–water partition coefficient (Wildman–Crippen LogP) is 2.07. The fraction of sp³-hybridized carbons (Fsp3) is 0.0769. The molecule has 2 heterocycles. The lowest BCUT2D eigenvalue weighted by Crippen LogP contribution is -2.31. The van der Waals surface area contributed by atoms with Crippen molar-refractivity contribution in [2.75, 3.05) is 0 Å². The number of nitrogens with one attached hydrogen (secondary N) is 2. The van der Waals surface area contributed by atoms with Crippen LogP contribution in [0.4, 0.5) is 0 Å². The van der Waals surface area contributed by atoms with E-state index in [2.05, 4.69) is 19.9 Å². The smallest absolute Gasteiger partial charge is 0.205 e. The first-order chi connectivity index (χ1) is 9.21. The lowest BCUT2D eigenvalue weighted by molar-refractivity contribution is 0.107. The average Bonchev–Trinajstić information content (AvgIpc) is 3.12. The Hall–Kier alpha value is -2.11. The van der Waals surface area contributed by atoms with Crippen molar-refractivity contribution in [1.29, 1.82) is 0 Å². The highest BCUT2D eigenvalue weighted by Crippen LogP contribution is 2.32. The number of rotatable bonds is 3. The Kier molecular flexibility index (Phi) is 2.85. The highest BCUT2D eigenvalue weighted by Gasteiger charge is 2.38. The number of halogens is 1. The number of aromatic nitrogens is 4. The van der Waals surface area contributed by atoms with Crippen molar-refractivity contribution in [2.24, 2.45) is 0 Å². The Morgan fingerprint density at radius 3 is 1.89 bits per heavy atom. The van der Waals surface area contributed by atoms with Crippen LogP contribution in [0.5, 0.6) is 0 Å². The SMILES string of the molecule is OC(c1ccc(Cl)cc1)(c1ncc[nH]1)c1ncc[nH]1. The van der Waals surface area contributed by atoms with Crippen molar-refractivity contribution in [3.05, 3.63) is 71.3 Å². The molecule has 0 bridgehead atoms. The predicted molar refractivity (Wildman–Crippen MR) is 70.7 cm³/mol. The van der Waals surface area contributed by atoms with Gasteiger partial charge in [-0.25, -0.2) is 9.97 Å². The Labute approximate surface area is 114 Å². The van der Waals surface area contributed by atoms with Crippen molar-refractivity contribution in [1.82, 2.24) is 19.9 Å². The second-order valence-electron chi connectivity index (χ2n) is 4.09. The van der Waals surface area contributed by atoms with Crippen LogP contribution in [0.25, 0.3) is 0 Å². The van der Waals surface area contributed by atoms with Gasteiger partial charge in [-0.15, -0.1) is 0 Å². The number of benzene rings is 1. The number of aromatic amines is 2. The van der Waals surface area contributed by atoms with Gasteiger partial charge in [0, 0.05) is 29.8 Å². The monoisotopic (exact) mass is 274 g/mol. The van der Waals surface area contributed by atoms with Crippen LogP contribution in [0, 0.1) is 0 Å². The third-order valence-electron chi connectivity index (χ3n) is 2.94. The van der Waals surface area contributed by atoms with E-state index in [4.69, 9.17) is 11.6 Å². The van der Waals surface area contributed by atoms with Gasteiger partial charge in [-0.05, 0) is 17.7 Å². The van der Waals surface area contributed by atoms with Crippen LogP contribution in [-0.4, -0.2) is 25.0 Å². The molecule has 96 valence electrons. The van der Waals surface area contributed by atoms with Crippen LogP contribution in [0.3, 0.4) is 0 Å². The molecule has 0 unspecified atom stereocenters. The summed E-state index contributed by atoms with van der Waals surface area (Å²) in [5.74, 6) is 0.787. The molecule has 1 aromatic carbocycles. The lowest BCUT2D eigenvalue weighted by Gasteiger charge is -2.24. The average molecular weight is 275 g/mol. The van der Waals surface area contributed by atoms with E-state index in [1.807, 2.05) is 0 Å². The molecular weight excluding hydrogens is 264 g/mol. The summed E-state index contributed by atoms with van der Waals surface area (Å²) in [6.45, 7) is 0. The molecule has 0 saturated carbocycles. The Balaban J connectivity index is 2.20. The first kappa shape index (κ1) is 12.0. The molecule has 0 aliphatic carbocycles. The molecule has 0 aliphatic heterocycles. The summed E-state index contributed by atoms with van der Waals surface area (Å²) in [4.78, 5) is 14.1. The van der Waals surface area contributed by atoms with Crippen molar-refractivity contribution in [3.63, 3.8) is 0 Å². The first-order valence-corrected chi connectivity index (χ1v) is 6.07. The maximum absolute atomic E-state index is 11.1. The summed E-state index contributed by atoms with van der Waals surface area (Å²) in [5.41, 5.74) is -0.834. The van der Waals surface area contributed by atoms with E-state index in [0.29, 0.717) is 22.2 Å². The van der Waals surface area contributed by atoms with E-state index in [1.165, 1.54) is 0 Å². The summed E-state index contributed by atoms with van der Waals surface area (Å²) in [6.07, 6.45) is 6.47. The number of hydrogen-bond donors (Lipinski definition) is 3. The van der Waals surface area contributed by atoms with Crippen molar-refractivity contribution >= 4 is 11.6 Å². The third kappa shape index (κ3) is 1.93. The van der Waals surface area contributed by atoms with Gasteiger partial charge >= 0.3 is 0 Å². The maximum Gasteiger partial charge on any atom is 0.205 e. The van der Waals surface area contributed by atoms with Crippen molar-refractivity contribution in [2.45, 2.75) is 5.60 Å². The second-order valence-corrected chi connectivity index (χ2v) is 4.53. The zero-order valence-corrected chi connectivity index (χ0v) is 10.6. The van der Waals surface area contributed by atoms with Gasteiger partial charge < -0.3 is 15.1 Å². The molecule has 3 rings (SSSR count). The molecule has 0 radical (unpaired) electrons. The van der Waals surface area contributed by atoms with E-state index in [-0.39, 0.29) is 0 Å². The molecule has 0 spiro atoms. The fourth-order valence-electron chi connectivity index (χ4n) is 2.00. The quantitative estimate of drug-likeness (QED) is 0.684. The van der Waals surface area contributed by atoms with Crippen LogP contribution in [0.15, 0.2) is 49.1 Å². The summed E-state index contributed by atoms with van der Waals surface area (Å²) in [7, 11) is 0. The minimum Gasteiger partial charge on any atom is -0.371 e. The molecule has 3 aromatic rings. The molecule has 2 aromatic heterocycles. The van der Waals surface area contributed by atoms with Crippen LogP contribution in [0.2, 0.25) is 5.02 Å². The second kappa shape index (κ2) is 4.53. The van der Waals surface area contributed by atoms with E-state index in [0.717, 1.165) is 0 Å². The van der Waals surface area contributed by atoms with E-state index >= 15 is 0 Å². The van der Waals surface area contributed by atoms with Gasteiger partial charge in [0.05, 0.1) is 0 Å². The maximum atomic E-state index is 11.1. The molecule has 0 atom stereocenters. The molecule has 0 amide bonds. The van der Waals surface area contributed by atoms with Crippen LogP contribution in [0.1, 0.15) is 17.2 Å². The molecule has 3 N–H and O–H groups in total. The van der Waals surface area contributed by atoms with Crippen molar-refractivity contribution in [3.8, 4) is 0 Å². The molecule has 0 fully saturated rings. The zero-order chi connectivity index (χ0) is 13.3. The summed E-state index contributed by atoms with van der Waals surface area (Å²) in [6, 6.07) is 6.92. The third-order valence-corrected chi connectivity index (χ3v) is 3.20. The minimum absolute atomic E-state index is 0.393. The number of nitrogens with zero attached hydrogens (tertiary/aromatic N) is 2. The van der Waals surface area contributed by atoms with Gasteiger partial charge in [-0.1, -0.05) is 23.7 Å². The fourth-order valence-corrected chi connectivity index (χ4v) is 2.13. The molecule has 0 aliphatic rings. The Bertz CT molecular complexity index is 612. The van der Waals surface area contributed by atoms with Crippen molar-refractivity contribution < 1.29 is 5.11 Å². The highest BCUT2D eigenvalue weighted by atomic mass is 35.5. The Morgan fingerprint density at radius 2 is 1.47 bits per heavy atom. The van der Waals surface area contributed by atoms with Gasteiger partial charge in [-0.3, -0.25) is 0 Å². The van der Waals surface area contributed by atoms with Crippen LogP contribution >= 0.6 is 11.6 Å². The Morgan fingerprint density at radius 1 is 0.947 bits per heavy atom. The topological polar surface area (TPSA) is 77.6 Å². The minimum atomic E-state index is -1.46. The number of aliphatic hydroxyl groups is 1. The summed E-state index contributed by atoms with van der Waals surface area (Å²) in [5, 5.41) is 11.7. The van der Waals surface area contributed by atoms with Gasteiger partial charge in [0.1, 0.15) is 0 Å². The molecular formula is C13H11ClN4O. The lowest BCUT2D eigenvalue weighted by atomic mass is 9.92. The summed E-state index contributed by atoms with van der Waals surface area (Å²) >= 11 is 5.88. The highest BCUT2D eigenvalue weighted by molar-refractivity contribution is 6.30. The van der Waals surface area contributed by atoms with Gasteiger partial charge in [-0.2, -0.15) is 0 Å². The van der Waals surface area contributed by atoms with Gasteiger partial charge in [0.25, 0.3) is 0 Å². The standard InChI is InChI=1S/C13H11ClN4O/c14-10-3-1-9(2-4-10)13(19,11-15-5-6-16-11)12-17-7-8-18-12/h1-8,19H,(H,15,16)(H,17,18). The van der Waals surface area contributed by atoms with Crippen LogP contribution < -0.4 is 0 Å². The largest absolute Gasteiger partial charge is 0.371 e. The number of hydrogen-bond acceptors (Lipinski definition) is 3. The molecule has 0 saturated heterocycles. The summed E-state index contributed by atoms with van der Waals surface area (Å²) < 4.78 is 0. The molecule has 6 heteroatoms. The van der Waals surface area contributed by atoms with Gasteiger partial charge in [0.2, 0.25) is 5.60 Å². The van der Waals surface area contributed by atoms with E-state index < -0.39 is 5.60 Å². The van der Waals surface area contributed by atoms with E-state index in [1.54, 1.807) is 49.1 Å². The molecule has 19 heavy (non-hydrogen) atoms. The van der Waals surface area contributed by atoms with Crippen LogP contribution in [-0.2, 0) is 5.60 Å². The number of imidazole rings is 2. The first-order valence-electron chi connectivity index (χ1n) is 5.69. The molecule has 5 nitrogen and oxygen atoms in total.